The van der Waals surface area contributed by atoms with Gasteiger partial charge in [0.05, 0.1) is 29.0 Å². The second kappa shape index (κ2) is 6.66. The van der Waals surface area contributed by atoms with E-state index in [9.17, 15) is 18.4 Å². The molecule has 9 heteroatoms. The number of fused-ring (bicyclic) bond motifs is 1. The predicted molar refractivity (Wildman–Crippen MR) is 96.1 cm³/mol. The minimum Gasteiger partial charge on any atom is -0.339 e. The number of halogens is 3. The Bertz CT molecular complexity index is 1190. The highest BCUT2D eigenvalue weighted by Crippen LogP contribution is 2.30. The molecule has 0 aliphatic heterocycles. The molecule has 1 N–H and O–H groups in total. The number of benzene rings is 2. The highest BCUT2D eigenvalue weighted by Gasteiger charge is 2.29. The van der Waals surface area contributed by atoms with E-state index in [-0.39, 0.29) is 5.82 Å². The van der Waals surface area contributed by atoms with E-state index >= 15 is 0 Å². The van der Waals surface area contributed by atoms with Gasteiger partial charge in [-0.05, 0) is 36.4 Å². The van der Waals surface area contributed by atoms with Crippen molar-refractivity contribution in [2.45, 2.75) is 6.18 Å². The van der Waals surface area contributed by atoms with E-state index in [1.807, 2.05) is 18.2 Å². The SMILES string of the molecule is N#Cc1nc2ccccc2n1-c1cncc(Nc2ccc(C(F)(F)F)cc2)n1. The van der Waals surface area contributed by atoms with Crippen molar-refractivity contribution in [1.82, 2.24) is 19.5 Å². The number of hydrogen-bond donors (Lipinski definition) is 1. The molecule has 0 spiro atoms. The molecule has 28 heavy (non-hydrogen) atoms. The van der Waals surface area contributed by atoms with Crippen LogP contribution in [0.3, 0.4) is 0 Å². The number of para-hydroxylation sites is 2. The number of hydrogen-bond acceptors (Lipinski definition) is 5. The summed E-state index contributed by atoms with van der Waals surface area (Å²) in [6.45, 7) is 0. The lowest BCUT2D eigenvalue weighted by molar-refractivity contribution is -0.137. The Morgan fingerprint density at radius 2 is 1.71 bits per heavy atom. The zero-order valence-electron chi connectivity index (χ0n) is 14.1. The van der Waals surface area contributed by atoms with Crippen LogP contribution in [0.2, 0.25) is 0 Å². The van der Waals surface area contributed by atoms with E-state index in [4.69, 9.17) is 0 Å². The molecular formula is C19H11F3N6. The van der Waals surface area contributed by atoms with Gasteiger partial charge < -0.3 is 5.32 Å². The summed E-state index contributed by atoms with van der Waals surface area (Å²) in [5.74, 6) is 0.836. The van der Waals surface area contributed by atoms with Crippen molar-refractivity contribution in [2.24, 2.45) is 0 Å². The Morgan fingerprint density at radius 3 is 2.43 bits per heavy atom. The van der Waals surface area contributed by atoms with Gasteiger partial charge in [0, 0.05) is 5.69 Å². The zero-order valence-corrected chi connectivity index (χ0v) is 14.1. The standard InChI is InChI=1S/C19H11F3N6/c20-19(21,22)12-5-7-13(8-6-12)25-16-10-24-11-18(27-16)28-15-4-2-1-3-14(15)26-17(28)9-23/h1-8,10-11H,(H,25,27). The number of aromatic nitrogens is 4. The minimum atomic E-state index is -4.39. The van der Waals surface area contributed by atoms with E-state index in [0.29, 0.717) is 28.4 Å². The molecule has 0 atom stereocenters. The van der Waals surface area contributed by atoms with Crippen LogP contribution in [0, 0.1) is 11.3 Å². The van der Waals surface area contributed by atoms with Crippen LogP contribution in [0.5, 0.6) is 0 Å². The molecule has 0 aliphatic carbocycles. The maximum atomic E-state index is 12.7. The van der Waals surface area contributed by atoms with Crippen molar-refractivity contribution in [3.05, 3.63) is 72.3 Å². The summed E-state index contributed by atoms with van der Waals surface area (Å²) in [7, 11) is 0. The zero-order chi connectivity index (χ0) is 19.7. The number of imidazole rings is 1. The third kappa shape index (κ3) is 3.23. The van der Waals surface area contributed by atoms with Crippen molar-refractivity contribution < 1.29 is 13.2 Å². The molecule has 0 saturated heterocycles. The van der Waals surface area contributed by atoms with Gasteiger partial charge in [0.25, 0.3) is 0 Å². The largest absolute Gasteiger partial charge is 0.416 e. The van der Waals surface area contributed by atoms with Crippen LogP contribution in [0.1, 0.15) is 11.4 Å². The fraction of sp³-hybridized carbons (Fsp3) is 0.0526. The summed E-state index contributed by atoms with van der Waals surface area (Å²) >= 11 is 0. The molecular weight excluding hydrogens is 369 g/mol. The van der Waals surface area contributed by atoms with Crippen LogP contribution in [-0.2, 0) is 6.18 Å². The summed E-state index contributed by atoms with van der Waals surface area (Å²) in [5.41, 5.74) is 1.03. The molecule has 6 nitrogen and oxygen atoms in total. The summed E-state index contributed by atoms with van der Waals surface area (Å²) in [6, 6.07) is 13.8. The Hall–Kier alpha value is -3.93. The van der Waals surface area contributed by atoms with Crippen LogP contribution >= 0.6 is 0 Å². The van der Waals surface area contributed by atoms with E-state index in [0.717, 1.165) is 12.1 Å². The van der Waals surface area contributed by atoms with Crippen molar-refractivity contribution in [3.8, 4) is 11.9 Å². The van der Waals surface area contributed by atoms with Crippen LogP contribution in [0.4, 0.5) is 24.7 Å². The monoisotopic (exact) mass is 380 g/mol. The smallest absolute Gasteiger partial charge is 0.339 e. The van der Waals surface area contributed by atoms with E-state index in [1.165, 1.54) is 24.5 Å². The third-order valence-electron chi connectivity index (χ3n) is 4.00. The van der Waals surface area contributed by atoms with Crippen LogP contribution in [0.25, 0.3) is 16.9 Å². The summed E-state index contributed by atoms with van der Waals surface area (Å²) in [4.78, 5) is 12.8. The Morgan fingerprint density at radius 1 is 0.964 bits per heavy atom. The molecule has 0 radical (unpaired) electrons. The molecule has 0 amide bonds. The first kappa shape index (κ1) is 17.5. The number of alkyl halides is 3. The van der Waals surface area contributed by atoms with E-state index in [2.05, 4.69) is 20.3 Å². The first-order valence-corrected chi connectivity index (χ1v) is 8.10. The topological polar surface area (TPSA) is 79.4 Å². The molecule has 4 aromatic rings. The van der Waals surface area contributed by atoms with Crippen molar-refractivity contribution in [2.75, 3.05) is 5.32 Å². The second-order valence-electron chi connectivity index (χ2n) is 5.83. The maximum Gasteiger partial charge on any atom is 0.416 e. The fourth-order valence-electron chi connectivity index (χ4n) is 2.75. The lowest BCUT2D eigenvalue weighted by atomic mass is 10.2. The molecule has 0 unspecified atom stereocenters. The molecule has 0 bridgehead atoms. The molecule has 4 rings (SSSR count). The first-order chi connectivity index (χ1) is 13.5. The van der Waals surface area contributed by atoms with E-state index in [1.54, 1.807) is 16.7 Å². The summed E-state index contributed by atoms with van der Waals surface area (Å²) in [5, 5.41) is 12.3. The Balaban J connectivity index is 1.69. The molecule has 2 heterocycles. The highest BCUT2D eigenvalue weighted by molar-refractivity contribution is 5.78. The van der Waals surface area contributed by atoms with Crippen molar-refractivity contribution in [1.29, 1.82) is 5.26 Å². The van der Waals surface area contributed by atoms with Crippen LogP contribution < -0.4 is 5.32 Å². The van der Waals surface area contributed by atoms with Gasteiger partial charge in [-0.1, -0.05) is 12.1 Å². The lowest BCUT2D eigenvalue weighted by Gasteiger charge is -2.10. The lowest BCUT2D eigenvalue weighted by Crippen LogP contribution is -2.05. The van der Waals surface area contributed by atoms with E-state index < -0.39 is 11.7 Å². The highest BCUT2D eigenvalue weighted by atomic mass is 19.4. The molecule has 138 valence electrons. The number of nitrogens with one attached hydrogen (secondary N) is 1. The third-order valence-corrected chi connectivity index (χ3v) is 4.00. The van der Waals surface area contributed by atoms with Gasteiger partial charge in [0.2, 0.25) is 5.82 Å². The Labute approximate surface area is 156 Å². The number of rotatable bonds is 3. The van der Waals surface area contributed by atoms with Gasteiger partial charge in [-0.25, -0.2) is 9.97 Å². The van der Waals surface area contributed by atoms with Gasteiger partial charge in [0.15, 0.2) is 11.6 Å². The molecule has 2 aromatic heterocycles. The predicted octanol–water partition coefficient (Wildman–Crippen LogP) is 4.45. The average Bonchev–Trinajstić information content (AvgIpc) is 3.06. The fourth-order valence-corrected chi connectivity index (χ4v) is 2.75. The van der Waals surface area contributed by atoms with Gasteiger partial charge >= 0.3 is 6.18 Å². The summed E-state index contributed by atoms with van der Waals surface area (Å²) in [6.07, 6.45) is -1.48. The average molecular weight is 380 g/mol. The number of anilines is 2. The second-order valence-corrected chi connectivity index (χ2v) is 5.83. The van der Waals surface area contributed by atoms with Crippen LogP contribution in [-0.4, -0.2) is 19.5 Å². The molecule has 0 saturated carbocycles. The van der Waals surface area contributed by atoms with Crippen molar-refractivity contribution in [3.63, 3.8) is 0 Å². The Kier molecular flexibility index (Phi) is 4.16. The number of nitrogens with zero attached hydrogens (tertiary/aromatic N) is 5. The normalized spacial score (nSPS) is 11.4. The van der Waals surface area contributed by atoms with Crippen LogP contribution in [0.15, 0.2) is 60.9 Å². The van der Waals surface area contributed by atoms with Gasteiger partial charge in [-0.3, -0.25) is 9.55 Å². The van der Waals surface area contributed by atoms with Gasteiger partial charge in [-0.2, -0.15) is 18.4 Å². The van der Waals surface area contributed by atoms with Gasteiger partial charge in [0.1, 0.15) is 6.07 Å². The van der Waals surface area contributed by atoms with Gasteiger partial charge in [-0.15, -0.1) is 0 Å². The quantitative estimate of drug-likeness (QED) is 0.568. The number of nitriles is 1. The first-order valence-electron chi connectivity index (χ1n) is 8.10. The maximum absolute atomic E-state index is 12.7. The molecule has 0 fully saturated rings. The minimum absolute atomic E-state index is 0.155. The molecule has 0 aliphatic rings. The summed E-state index contributed by atoms with van der Waals surface area (Å²) < 4.78 is 39.6. The van der Waals surface area contributed by atoms with Crippen molar-refractivity contribution >= 4 is 22.5 Å². The molecule has 2 aromatic carbocycles.